The molecule has 0 bridgehead atoms. The minimum Gasteiger partial charge on any atom is -0.599 e. The lowest BCUT2D eigenvalue weighted by Gasteiger charge is -2.51. The van der Waals surface area contributed by atoms with Gasteiger partial charge in [-0.3, -0.25) is 9.59 Å². The number of nitrogens with one attached hydrogen (secondary N) is 2. The standard InChI is InChI=1S/C21H26BCl2N3O7/c1-11(2)6-17(26-18(28)8-25-19(29)13-7-12(23)4-5-14(13)24)22-27(3)15(20(30)33-22)9-32-10-16(27)21(31)34-22/h4-5,7,11,15-17H,6,8-10H2,1-3H3,(H,25,29)(H,26,28)/t15-,16-,17-,22?,27?/m0/s1. The Morgan fingerprint density at radius 3 is 2.35 bits per heavy atom. The average molecular weight is 514 g/mol. The fourth-order valence-corrected chi connectivity index (χ4v) is 5.62. The molecule has 3 fully saturated rings. The van der Waals surface area contributed by atoms with Crippen LogP contribution < -0.4 is 10.6 Å². The van der Waals surface area contributed by atoms with Crippen LogP contribution in [0.1, 0.15) is 30.6 Å². The van der Waals surface area contributed by atoms with Crippen LogP contribution in [-0.4, -0.2) is 79.7 Å². The normalized spacial score (nSPS) is 30.4. The lowest BCUT2D eigenvalue weighted by molar-refractivity contribution is -0.854. The van der Waals surface area contributed by atoms with Gasteiger partial charge in [-0.1, -0.05) is 37.0 Å². The number of amides is 2. The highest BCUT2D eigenvalue weighted by molar-refractivity contribution is 6.68. The molecular formula is C21H26BCl2N3O7. The third-order valence-corrected chi connectivity index (χ3v) is 7.51. The highest BCUT2D eigenvalue weighted by Crippen LogP contribution is 2.46. The molecule has 0 unspecified atom stereocenters. The molecule has 3 saturated heterocycles. The van der Waals surface area contributed by atoms with Crippen LogP contribution in [0.2, 0.25) is 10.0 Å². The van der Waals surface area contributed by atoms with E-state index >= 15 is 0 Å². The molecule has 34 heavy (non-hydrogen) atoms. The van der Waals surface area contributed by atoms with Gasteiger partial charge in [0.2, 0.25) is 5.91 Å². The van der Waals surface area contributed by atoms with Crippen LogP contribution in [0.25, 0.3) is 0 Å². The number of halogens is 2. The molecule has 4 rings (SSSR count). The first-order valence-electron chi connectivity index (χ1n) is 11.1. The van der Waals surface area contributed by atoms with Crippen molar-refractivity contribution in [1.29, 1.82) is 0 Å². The summed E-state index contributed by atoms with van der Waals surface area (Å²) in [4.78, 5) is 50.9. The van der Waals surface area contributed by atoms with Crippen LogP contribution in [0.15, 0.2) is 18.2 Å². The number of hydrogen-bond donors (Lipinski definition) is 2. The van der Waals surface area contributed by atoms with Crippen molar-refractivity contribution in [3.05, 3.63) is 33.8 Å². The predicted octanol–water partition coefficient (Wildman–Crippen LogP) is 1.06. The van der Waals surface area contributed by atoms with Gasteiger partial charge in [0, 0.05) is 12.1 Å². The molecule has 3 atom stereocenters. The van der Waals surface area contributed by atoms with Crippen molar-refractivity contribution in [3.63, 3.8) is 0 Å². The lowest BCUT2D eigenvalue weighted by Crippen LogP contribution is -2.77. The molecule has 1 aromatic carbocycles. The van der Waals surface area contributed by atoms with Crippen molar-refractivity contribution < 1.29 is 37.6 Å². The Morgan fingerprint density at radius 2 is 1.76 bits per heavy atom. The molecule has 0 radical (unpaired) electrons. The summed E-state index contributed by atoms with van der Waals surface area (Å²) in [6.45, 7) is 1.12. The Hall–Kier alpha value is -2.34. The topological polar surface area (TPSA) is 120 Å². The zero-order chi connectivity index (χ0) is 24.8. The van der Waals surface area contributed by atoms with E-state index < -0.39 is 48.5 Å². The molecule has 2 amide bonds. The first-order valence-corrected chi connectivity index (χ1v) is 11.8. The first kappa shape index (κ1) is 24.8. The minimum absolute atomic E-state index is 0.0737. The van der Waals surface area contributed by atoms with Crippen molar-refractivity contribution in [3.8, 4) is 0 Å². The van der Waals surface area contributed by atoms with E-state index in [-0.39, 0.29) is 40.7 Å². The molecule has 10 nitrogen and oxygen atoms in total. The second-order valence-electron chi connectivity index (χ2n) is 9.50. The van der Waals surface area contributed by atoms with Crippen molar-refractivity contribution in [2.75, 3.05) is 26.8 Å². The van der Waals surface area contributed by atoms with E-state index in [1.165, 1.54) is 12.1 Å². The highest BCUT2D eigenvalue weighted by atomic mass is 35.5. The largest absolute Gasteiger partial charge is 0.606 e. The molecule has 0 saturated carbocycles. The van der Waals surface area contributed by atoms with Crippen LogP contribution >= 0.6 is 23.2 Å². The summed E-state index contributed by atoms with van der Waals surface area (Å²) < 4.78 is 17.0. The van der Waals surface area contributed by atoms with E-state index in [0.29, 0.717) is 11.4 Å². The smallest absolute Gasteiger partial charge is 0.599 e. The average Bonchev–Trinajstić information content (AvgIpc) is 3.13. The van der Waals surface area contributed by atoms with E-state index in [1.54, 1.807) is 13.1 Å². The van der Waals surface area contributed by atoms with Gasteiger partial charge in [-0.2, -0.15) is 0 Å². The summed E-state index contributed by atoms with van der Waals surface area (Å²) in [7, 11) is 1.75. The van der Waals surface area contributed by atoms with Crippen LogP contribution in [0.4, 0.5) is 0 Å². The van der Waals surface area contributed by atoms with Gasteiger partial charge in [0.05, 0.1) is 23.1 Å². The molecule has 2 N–H and O–H groups in total. The molecule has 1 aromatic rings. The minimum atomic E-state index is -2.59. The summed E-state index contributed by atoms with van der Waals surface area (Å²) in [5.41, 5.74) is 0.134. The zero-order valence-corrected chi connectivity index (χ0v) is 20.5. The second kappa shape index (κ2) is 9.03. The SMILES string of the molecule is CC(C)C[C@H](NC(=O)CNC(=O)c1cc(Cl)ccc1Cl)[B-]12OC(=O)[C@@H]3COC[C@@H](C(=O)O1)[N+]32C. The number of nitrogens with zero attached hydrogens (tertiary/aromatic N) is 1. The Morgan fingerprint density at radius 1 is 1.15 bits per heavy atom. The van der Waals surface area contributed by atoms with Gasteiger partial charge in [0.1, 0.15) is 13.2 Å². The number of quaternary nitrogens is 1. The van der Waals surface area contributed by atoms with Crippen LogP contribution in [-0.2, 0) is 28.4 Å². The summed E-state index contributed by atoms with van der Waals surface area (Å²) in [5, 5.41) is 5.88. The Kier molecular flexibility index (Phi) is 6.58. The fourth-order valence-electron chi connectivity index (χ4n) is 5.24. The molecule has 3 aliphatic heterocycles. The quantitative estimate of drug-likeness (QED) is 0.523. The first-order chi connectivity index (χ1) is 16.0. The number of likely N-dealkylation sites (N-methyl/N-ethyl adjacent to an activating group) is 1. The number of hydrogen-bond acceptors (Lipinski definition) is 7. The summed E-state index contributed by atoms with van der Waals surface area (Å²) in [6, 6.07) is 3.00. The van der Waals surface area contributed by atoms with Crippen LogP contribution in [0.5, 0.6) is 0 Å². The predicted molar refractivity (Wildman–Crippen MR) is 123 cm³/mol. The third kappa shape index (κ3) is 3.94. The van der Waals surface area contributed by atoms with Crippen LogP contribution in [0, 0.1) is 5.92 Å². The number of carbonyl (C=O) groups is 4. The van der Waals surface area contributed by atoms with E-state index in [2.05, 4.69) is 10.6 Å². The number of carbonyl (C=O) groups excluding carboxylic acids is 4. The number of ether oxygens (including phenoxy) is 1. The van der Waals surface area contributed by atoms with Gasteiger partial charge in [-0.05, 0) is 30.5 Å². The van der Waals surface area contributed by atoms with Gasteiger partial charge >= 0.3 is 18.6 Å². The Labute approximate surface area is 206 Å². The maximum absolute atomic E-state index is 12.9. The second-order valence-corrected chi connectivity index (χ2v) is 10.3. The number of morpholine rings is 1. The van der Waals surface area contributed by atoms with E-state index in [0.717, 1.165) is 0 Å². The lowest BCUT2D eigenvalue weighted by atomic mass is 9.56. The molecule has 0 spiro atoms. The number of benzene rings is 1. The van der Waals surface area contributed by atoms with Gasteiger partial charge in [-0.15, -0.1) is 0 Å². The monoisotopic (exact) mass is 513 g/mol. The van der Waals surface area contributed by atoms with Gasteiger partial charge in [0.15, 0.2) is 12.1 Å². The molecule has 3 heterocycles. The molecule has 0 aliphatic carbocycles. The van der Waals surface area contributed by atoms with Crippen LogP contribution in [0.3, 0.4) is 0 Å². The molecule has 3 aliphatic rings. The summed E-state index contributed by atoms with van der Waals surface area (Å²) in [6.07, 6.45) is 0.383. The van der Waals surface area contributed by atoms with Crippen molar-refractivity contribution in [2.24, 2.45) is 5.92 Å². The van der Waals surface area contributed by atoms with E-state index in [4.69, 9.17) is 37.2 Å². The van der Waals surface area contributed by atoms with Crippen molar-refractivity contribution in [2.45, 2.75) is 38.3 Å². The summed E-state index contributed by atoms with van der Waals surface area (Å²) >= 11 is 12.0. The van der Waals surface area contributed by atoms with Gasteiger partial charge < -0.3 is 29.1 Å². The molecule has 184 valence electrons. The van der Waals surface area contributed by atoms with Gasteiger partial charge in [-0.25, -0.2) is 9.59 Å². The molecule has 13 heteroatoms. The molecular weight excluding hydrogens is 488 g/mol. The van der Waals surface area contributed by atoms with Crippen molar-refractivity contribution in [1.82, 2.24) is 10.6 Å². The fraction of sp³-hybridized carbons (Fsp3) is 0.524. The highest BCUT2D eigenvalue weighted by Gasteiger charge is 2.77. The van der Waals surface area contributed by atoms with Gasteiger partial charge in [0.25, 0.3) is 5.91 Å². The Bertz CT molecular complexity index is 1030. The maximum atomic E-state index is 12.9. The Balaban J connectivity index is 1.54. The van der Waals surface area contributed by atoms with Crippen molar-refractivity contribution >= 4 is 53.6 Å². The van der Waals surface area contributed by atoms with E-state index in [1.807, 2.05) is 13.8 Å². The third-order valence-electron chi connectivity index (χ3n) is 6.95. The van der Waals surface area contributed by atoms with E-state index in [9.17, 15) is 19.2 Å². The maximum Gasteiger partial charge on any atom is 0.606 e. The molecule has 0 aromatic heterocycles. The summed E-state index contributed by atoms with van der Waals surface area (Å²) in [5.74, 6) is -2.86. The number of rotatable bonds is 7. The zero-order valence-electron chi connectivity index (χ0n) is 19.0.